The Kier molecular flexibility index (Phi) is 6.16. The molecule has 1 saturated heterocycles. The van der Waals surface area contributed by atoms with Crippen molar-refractivity contribution in [2.75, 3.05) is 26.2 Å². The molecular weight excluding hydrogens is 380 g/mol. The first-order valence-electron chi connectivity index (χ1n) is 10.8. The van der Waals surface area contributed by atoms with Gasteiger partial charge in [-0.3, -0.25) is 14.5 Å². The van der Waals surface area contributed by atoms with Crippen LogP contribution in [0.15, 0.2) is 35.7 Å². The van der Waals surface area contributed by atoms with Crippen molar-refractivity contribution in [2.24, 2.45) is 5.92 Å². The van der Waals surface area contributed by atoms with Gasteiger partial charge in [0, 0.05) is 22.9 Å². The van der Waals surface area contributed by atoms with Crippen LogP contribution >= 0.6 is 11.3 Å². The van der Waals surface area contributed by atoms with Crippen LogP contribution in [0.25, 0.3) is 0 Å². The molecule has 2 aliphatic rings. The zero-order chi connectivity index (χ0) is 20.4. The monoisotopic (exact) mass is 410 g/mol. The summed E-state index contributed by atoms with van der Waals surface area (Å²) in [5.74, 6) is 0.566. The van der Waals surface area contributed by atoms with Crippen molar-refractivity contribution in [1.29, 1.82) is 0 Å². The second-order valence-corrected chi connectivity index (χ2v) is 9.34. The summed E-state index contributed by atoms with van der Waals surface area (Å²) in [6, 6.07) is 10.3. The van der Waals surface area contributed by atoms with E-state index in [4.69, 9.17) is 0 Å². The van der Waals surface area contributed by atoms with Crippen molar-refractivity contribution in [3.8, 4) is 0 Å². The first kappa shape index (κ1) is 20.3. The maximum absolute atomic E-state index is 13.1. The van der Waals surface area contributed by atoms with Gasteiger partial charge in [-0.15, -0.1) is 11.3 Å². The molecule has 154 valence electrons. The van der Waals surface area contributed by atoms with E-state index in [-0.39, 0.29) is 23.7 Å². The van der Waals surface area contributed by atoms with Gasteiger partial charge >= 0.3 is 0 Å². The zero-order valence-corrected chi connectivity index (χ0v) is 18.2. The molecule has 1 aromatic carbocycles. The minimum atomic E-state index is 0.0794. The van der Waals surface area contributed by atoms with Crippen LogP contribution in [0.1, 0.15) is 58.6 Å². The van der Waals surface area contributed by atoms with E-state index in [9.17, 15) is 9.59 Å². The van der Waals surface area contributed by atoms with Gasteiger partial charge in [-0.1, -0.05) is 36.8 Å². The highest BCUT2D eigenvalue weighted by molar-refractivity contribution is 7.10. The standard InChI is InChI=1S/C24H30N2O2S/c1-3-21-20-11-15-29-22(20)10-14-26(21)23(27)16-25-12-8-19(9-13-25)24(28)18-6-4-17(2)5-7-18/h4-7,11,15,19,21H,3,8-10,12-14,16H2,1-2H3. The number of thiophene rings is 1. The van der Waals surface area contributed by atoms with Crippen molar-refractivity contribution >= 4 is 23.0 Å². The lowest BCUT2D eigenvalue weighted by Crippen LogP contribution is -2.47. The van der Waals surface area contributed by atoms with Gasteiger partial charge in [0.15, 0.2) is 5.78 Å². The van der Waals surface area contributed by atoms with Crippen LogP contribution in [0, 0.1) is 12.8 Å². The Balaban J connectivity index is 1.32. The van der Waals surface area contributed by atoms with Gasteiger partial charge in [-0.05, 0) is 62.7 Å². The lowest BCUT2D eigenvalue weighted by molar-refractivity contribution is -0.135. The molecule has 1 unspecified atom stereocenters. The molecular formula is C24H30N2O2S. The third kappa shape index (κ3) is 4.31. The third-order valence-electron chi connectivity index (χ3n) is 6.46. The fourth-order valence-electron chi connectivity index (χ4n) is 4.72. The molecule has 1 fully saturated rings. The molecule has 5 heteroatoms. The molecule has 3 heterocycles. The number of aryl methyl sites for hydroxylation is 1. The minimum Gasteiger partial charge on any atom is -0.334 e. The highest BCUT2D eigenvalue weighted by atomic mass is 32.1. The first-order valence-corrected chi connectivity index (χ1v) is 11.6. The Labute approximate surface area is 177 Å². The smallest absolute Gasteiger partial charge is 0.237 e. The number of amides is 1. The number of fused-ring (bicyclic) bond motifs is 1. The number of Topliss-reactive ketones (excluding diaryl/α,β-unsaturated/α-hetero) is 1. The average molecular weight is 411 g/mol. The molecule has 0 aliphatic carbocycles. The zero-order valence-electron chi connectivity index (χ0n) is 17.4. The number of benzene rings is 1. The minimum absolute atomic E-state index is 0.0794. The molecule has 2 aliphatic heterocycles. The van der Waals surface area contributed by atoms with Gasteiger partial charge in [0.05, 0.1) is 12.6 Å². The maximum atomic E-state index is 13.1. The molecule has 0 N–H and O–H groups in total. The van der Waals surface area contributed by atoms with Gasteiger partial charge < -0.3 is 4.90 Å². The van der Waals surface area contributed by atoms with E-state index in [1.165, 1.54) is 16.0 Å². The molecule has 0 spiro atoms. The summed E-state index contributed by atoms with van der Waals surface area (Å²) >= 11 is 1.82. The number of hydrogen-bond acceptors (Lipinski definition) is 4. The first-order chi connectivity index (χ1) is 14.1. The molecule has 0 saturated carbocycles. The summed E-state index contributed by atoms with van der Waals surface area (Å²) in [7, 11) is 0. The van der Waals surface area contributed by atoms with Crippen molar-refractivity contribution < 1.29 is 9.59 Å². The highest BCUT2D eigenvalue weighted by Gasteiger charge is 2.32. The number of carbonyl (C=O) groups is 2. The molecule has 0 bridgehead atoms. The van der Waals surface area contributed by atoms with Crippen LogP contribution < -0.4 is 0 Å². The Morgan fingerprint density at radius 3 is 2.48 bits per heavy atom. The van der Waals surface area contributed by atoms with Gasteiger partial charge in [0.1, 0.15) is 0 Å². The Morgan fingerprint density at radius 1 is 1.07 bits per heavy atom. The van der Waals surface area contributed by atoms with E-state index in [1.807, 2.05) is 42.5 Å². The maximum Gasteiger partial charge on any atom is 0.237 e. The predicted molar refractivity (Wildman–Crippen MR) is 117 cm³/mol. The van der Waals surface area contributed by atoms with E-state index in [0.717, 1.165) is 50.9 Å². The summed E-state index contributed by atoms with van der Waals surface area (Å²) in [6.07, 6.45) is 3.61. The Bertz CT molecular complexity index is 865. The number of carbonyl (C=O) groups excluding carboxylic acids is 2. The lowest BCUT2D eigenvalue weighted by Gasteiger charge is -2.38. The number of rotatable bonds is 5. The van der Waals surface area contributed by atoms with Crippen molar-refractivity contribution in [1.82, 2.24) is 9.80 Å². The summed E-state index contributed by atoms with van der Waals surface area (Å²) in [5.41, 5.74) is 3.34. The molecule has 2 aromatic rings. The van der Waals surface area contributed by atoms with Crippen molar-refractivity contribution in [3.05, 3.63) is 57.3 Å². The van der Waals surface area contributed by atoms with Gasteiger partial charge in [-0.2, -0.15) is 0 Å². The molecule has 29 heavy (non-hydrogen) atoms. The Hall–Kier alpha value is -1.98. The summed E-state index contributed by atoms with van der Waals surface area (Å²) < 4.78 is 0. The SMILES string of the molecule is CCC1c2ccsc2CCN1C(=O)CN1CCC(C(=O)c2ccc(C)cc2)CC1. The van der Waals surface area contributed by atoms with E-state index in [1.54, 1.807) is 0 Å². The largest absolute Gasteiger partial charge is 0.334 e. The third-order valence-corrected chi connectivity index (χ3v) is 7.45. The number of nitrogens with zero attached hydrogens (tertiary/aromatic N) is 2. The molecule has 1 amide bonds. The number of piperidine rings is 1. The molecule has 0 radical (unpaired) electrons. The lowest BCUT2D eigenvalue weighted by atomic mass is 9.88. The fourth-order valence-corrected chi connectivity index (χ4v) is 5.65. The normalized spacial score (nSPS) is 20.5. The number of hydrogen-bond donors (Lipinski definition) is 0. The molecule has 1 atom stereocenters. The predicted octanol–water partition coefficient (Wildman–Crippen LogP) is 4.49. The molecule has 1 aromatic heterocycles. The van der Waals surface area contributed by atoms with E-state index < -0.39 is 0 Å². The summed E-state index contributed by atoms with van der Waals surface area (Å²) in [5, 5.41) is 2.15. The van der Waals surface area contributed by atoms with Crippen LogP contribution in [0.5, 0.6) is 0 Å². The highest BCUT2D eigenvalue weighted by Crippen LogP contribution is 2.35. The van der Waals surface area contributed by atoms with Crippen molar-refractivity contribution in [2.45, 2.75) is 45.6 Å². The van der Waals surface area contributed by atoms with Gasteiger partial charge in [0.25, 0.3) is 0 Å². The fraction of sp³-hybridized carbons (Fsp3) is 0.500. The van der Waals surface area contributed by atoms with Crippen LogP contribution in [0.2, 0.25) is 0 Å². The molecule has 4 nitrogen and oxygen atoms in total. The van der Waals surface area contributed by atoms with E-state index in [2.05, 4.69) is 28.2 Å². The van der Waals surface area contributed by atoms with Gasteiger partial charge in [-0.25, -0.2) is 0 Å². The van der Waals surface area contributed by atoms with E-state index >= 15 is 0 Å². The van der Waals surface area contributed by atoms with Crippen LogP contribution in [0.3, 0.4) is 0 Å². The second-order valence-electron chi connectivity index (χ2n) is 8.34. The summed E-state index contributed by atoms with van der Waals surface area (Å²) in [4.78, 5) is 31.6. The Morgan fingerprint density at radius 2 is 1.79 bits per heavy atom. The number of ketones is 1. The summed E-state index contributed by atoms with van der Waals surface area (Å²) in [6.45, 7) is 7.15. The second kappa shape index (κ2) is 8.80. The number of likely N-dealkylation sites (tertiary alicyclic amines) is 1. The van der Waals surface area contributed by atoms with Crippen LogP contribution in [0.4, 0.5) is 0 Å². The topological polar surface area (TPSA) is 40.6 Å². The van der Waals surface area contributed by atoms with Crippen molar-refractivity contribution in [3.63, 3.8) is 0 Å². The van der Waals surface area contributed by atoms with Crippen LogP contribution in [-0.2, 0) is 11.2 Å². The van der Waals surface area contributed by atoms with E-state index in [0.29, 0.717) is 6.54 Å². The quantitative estimate of drug-likeness (QED) is 0.682. The molecule has 4 rings (SSSR count). The average Bonchev–Trinajstić information content (AvgIpc) is 3.22. The van der Waals surface area contributed by atoms with Crippen LogP contribution in [-0.4, -0.2) is 47.7 Å². The van der Waals surface area contributed by atoms with Gasteiger partial charge in [0.2, 0.25) is 5.91 Å².